The van der Waals surface area contributed by atoms with Crippen molar-refractivity contribution in [1.82, 2.24) is 5.43 Å². The van der Waals surface area contributed by atoms with Gasteiger partial charge < -0.3 is 14.8 Å². The molecule has 0 aliphatic heterocycles. The number of ether oxygens (including phenoxy) is 2. The number of anilines is 1. The molecule has 28 heavy (non-hydrogen) atoms. The zero-order chi connectivity index (χ0) is 20.4. The first-order chi connectivity index (χ1) is 13.6. The Bertz CT molecular complexity index is 849. The summed E-state index contributed by atoms with van der Waals surface area (Å²) in [6.07, 6.45) is 3.73. The quantitative estimate of drug-likeness (QED) is 0.511. The van der Waals surface area contributed by atoms with E-state index in [1.807, 2.05) is 6.92 Å². The summed E-state index contributed by atoms with van der Waals surface area (Å²) in [6, 6.07) is 12.0. The molecule has 0 heterocycles. The molecule has 0 aliphatic rings. The minimum Gasteiger partial charge on any atom is -0.497 e. The third kappa shape index (κ3) is 6.12. The molecule has 0 radical (unpaired) electrons. The fourth-order valence-electron chi connectivity index (χ4n) is 2.45. The number of nitrogens with one attached hydrogen (secondary N) is 2. The van der Waals surface area contributed by atoms with E-state index in [1.54, 1.807) is 56.7 Å². The molecule has 0 aromatic heterocycles. The van der Waals surface area contributed by atoms with Crippen molar-refractivity contribution >= 4 is 23.7 Å². The van der Waals surface area contributed by atoms with E-state index in [0.717, 1.165) is 12.8 Å². The molecule has 2 rings (SSSR count). The van der Waals surface area contributed by atoms with Crippen LogP contribution in [0.15, 0.2) is 47.6 Å². The molecule has 0 fully saturated rings. The van der Waals surface area contributed by atoms with Crippen molar-refractivity contribution in [2.24, 2.45) is 5.10 Å². The normalized spacial score (nSPS) is 10.5. The molecule has 0 spiro atoms. The molecule has 0 aliphatic carbocycles. The van der Waals surface area contributed by atoms with E-state index in [4.69, 9.17) is 9.47 Å². The van der Waals surface area contributed by atoms with Gasteiger partial charge in [-0.25, -0.2) is 5.43 Å². The first-order valence-electron chi connectivity index (χ1n) is 9.02. The van der Waals surface area contributed by atoms with Crippen LogP contribution in [0.3, 0.4) is 0 Å². The maximum atomic E-state index is 12.3. The van der Waals surface area contributed by atoms with Crippen molar-refractivity contribution in [3.8, 4) is 11.5 Å². The summed E-state index contributed by atoms with van der Waals surface area (Å²) in [6.45, 7) is 2.03. The average Bonchev–Trinajstić information content (AvgIpc) is 2.72. The van der Waals surface area contributed by atoms with Crippen LogP contribution in [-0.2, 0) is 4.79 Å². The number of hydrogen-bond acceptors (Lipinski definition) is 5. The second kappa shape index (κ2) is 10.7. The first-order valence-corrected chi connectivity index (χ1v) is 9.02. The molecule has 2 aromatic carbocycles. The van der Waals surface area contributed by atoms with Gasteiger partial charge >= 0.3 is 0 Å². The molecule has 0 unspecified atom stereocenters. The lowest BCUT2D eigenvalue weighted by atomic mass is 10.2. The van der Waals surface area contributed by atoms with E-state index >= 15 is 0 Å². The second-order valence-electron chi connectivity index (χ2n) is 6.04. The van der Waals surface area contributed by atoms with Gasteiger partial charge in [0.05, 0.1) is 20.4 Å². The number of amides is 2. The molecule has 2 aromatic rings. The number of carbonyl (C=O) groups excluding carboxylic acids is 2. The summed E-state index contributed by atoms with van der Waals surface area (Å²) >= 11 is 0. The Labute approximate surface area is 164 Å². The smallest absolute Gasteiger partial charge is 0.271 e. The van der Waals surface area contributed by atoms with Crippen LogP contribution in [0.4, 0.5) is 5.69 Å². The highest BCUT2D eigenvalue weighted by atomic mass is 16.5. The van der Waals surface area contributed by atoms with Crippen LogP contribution in [0.2, 0.25) is 0 Å². The van der Waals surface area contributed by atoms with Gasteiger partial charge in [0.25, 0.3) is 5.91 Å². The topological polar surface area (TPSA) is 89.0 Å². The molecular weight excluding hydrogens is 358 g/mol. The summed E-state index contributed by atoms with van der Waals surface area (Å²) in [7, 11) is 3.12. The zero-order valence-electron chi connectivity index (χ0n) is 16.3. The van der Waals surface area contributed by atoms with Gasteiger partial charge in [-0.15, -0.1) is 0 Å². The lowest BCUT2D eigenvalue weighted by molar-refractivity contribution is -0.116. The van der Waals surface area contributed by atoms with E-state index in [-0.39, 0.29) is 11.8 Å². The number of unbranched alkanes of at least 4 members (excludes halogenated alkanes) is 1. The highest BCUT2D eigenvalue weighted by Crippen LogP contribution is 2.23. The largest absolute Gasteiger partial charge is 0.497 e. The summed E-state index contributed by atoms with van der Waals surface area (Å²) in [5.74, 6) is 0.794. The summed E-state index contributed by atoms with van der Waals surface area (Å²) in [5.41, 5.74) is 4.14. The minimum absolute atomic E-state index is 0.0657. The van der Waals surface area contributed by atoms with Crippen LogP contribution >= 0.6 is 0 Å². The van der Waals surface area contributed by atoms with Crippen molar-refractivity contribution in [3.05, 3.63) is 53.6 Å². The number of rotatable bonds is 9. The Morgan fingerprint density at radius 2 is 1.93 bits per heavy atom. The lowest BCUT2D eigenvalue weighted by Crippen LogP contribution is -2.18. The third-order valence-corrected chi connectivity index (χ3v) is 3.98. The van der Waals surface area contributed by atoms with E-state index < -0.39 is 0 Å². The molecule has 2 amide bonds. The predicted octanol–water partition coefficient (Wildman–Crippen LogP) is 3.60. The predicted molar refractivity (Wildman–Crippen MR) is 109 cm³/mol. The number of nitrogens with zero attached hydrogens (tertiary/aromatic N) is 1. The van der Waals surface area contributed by atoms with Crippen molar-refractivity contribution in [1.29, 1.82) is 0 Å². The highest BCUT2D eigenvalue weighted by Gasteiger charge is 2.08. The van der Waals surface area contributed by atoms with Crippen molar-refractivity contribution in [2.45, 2.75) is 26.2 Å². The van der Waals surface area contributed by atoms with Crippen LogP contribution in [0.5, 0.6) is 11.5 Å². The summed E-state index contributed by atoms with van der Waals surface area (Å²) in [4.78, 5) is 24.1. The Kier molecular flexibility index (Phi) is 8.02. The number of hydrogen-bond donors (Lipinski definition) is 2. The lowest BCUT2D eigenvalue weighted by Gasteiger charge is -2.07. The highest BCUT2D eigenvalue weighted by molar-refractivity contribution is 5.97. The molecule has 7 nitrogen and oxygen atoms in total. The van der Waals surface area contributed by atoms with Crippen molar-refractivity contribution < 1.29 is 19.1 Å². The van der Waals surface area contributed by atoms with Gasteiger partial charge in [0, 0.05) is 29.3 Å². The molecule has 0 bridgehead atoms. The van der Waals surface area contributed by atoms with Crippen molar-refractivity contribution in [3.63, 3.8) is 0 Å². The van der Waals surface area contributed by atoms with Crippen LogP contribution in [0.1, 0.15) is 42.1 Å². The molecule has 148 valence electrons. The van der Waals surface area contributed by atoms with E-state index in [2.05, 4.69) is 15.8 Å². The summed E-state index contributed by atoms with van der Waals surface area (Å²) in [5, 5.41) is 6.77. The Hall–Kier alpha value is -3.35. The van der Waals surface area contributed by atoms with Crippen LogP contribution < -0.4 is 20.2 Å². The SMILES string of the molecule is CCCCC(=O)Nc1cccc(C(=O)N/N=C\c2ccc(OC)cc2OC)c1. The Morgan fingerprint density at radius 3 is 2.64 bits per heavy atom. The molecule has 0 atom stereocenters. The van der Waals surface area contributed by atoms with Gasteiger partial charge in [-0.05, 0) is 36.8 Å². The van der Waals surface area contributed by atoms with E-state index in [1.165, 1.54) is 6.21 Å². The fraction of sp³-hybridized carbons (Fsp3) is 0.286. The van der Waals surface area contributed by atoms with Gasteiger partial charge in [0.1, 0.15) is 11.5 Å². The molecule has 0 saturated carbocycles. The van der Waals surface area contributed by atoms with Gasteiger partial charge in [0.2, 0.25) is 5.91 Å². The number of benzene rings is 2. The maximum absolute atomic E-state index is 12.3. The number of methoxy groups -OCH3 is 2. The van der Waals surface area contributed by atoms with Gasteiger partial charge in [0.15, 0.2) is 0 Å². The monoisotopic (exact) mass is 383 g/mol. The fourth-order valence-corrected chi connectivity index (χ4v) is 2.45. The van der Waals surface area contributed by atoms with Gasteiger partial charge in [-0.2, -0.15) is 5.10 Å². The molecule has 0 saturated heterocycles. The van der Waals surface area contributed by atoms with E-state index in [9.17, 15) is 9.59 Å². The van der Waals surface area contributed by atoms with Gasteiger partial charge in [-0.1, -0.05) is 19.4 Å². The molecular formula is C21H25N3O4. The third-order valence-electron chi connectivity index (χ3n) is 3.98. The second-order valence-corrected chi connectivity index (χ2v) is 6.04. The Morgan fingerprint density at radius 1 is 1.11 bits per heavy atom. The van der Waals surface area contributed by atoms with Crippen LogP contribution in [0.25, 0.3) is 0 Å². The van der Waals surface area contributed by atoms with E-state index in [0.29, 0.717) is 34.7 Å². The molecule has 7 heteroatoms. The van der Waals surface area contributed by atoms with Crippen LogP contribution in [0, 0.1) is 0 Å². The first kappa shape index (κ1) is 21.0. The Balaban J connectivity index is 2.00. The van der Waals surface area contributed by atoms with Crippen molar-refractivity contribution in [2.75, 3.05) is 19.5 Å². The van der Waals surface area contributed by atoms with Gasteiger partial charge in [-0.3, -0.25) is 9.59 Å². The summed E-state index contributed by atoms with van der Waals surface area (Å²) < 4.78 is 10.4. The number of carbonyl (C=O) groups is 2. The number of hydrazone groups is 1. The zero-order valence-corrected chi connectivity index (χ0v) is 16.3. The van der Waals surface area contributed by atoms with Crippen LogP contribution in [-0.4, -0.2) is 32.2 Å². The standard InChI is InChI=1S/C21H25N3O4/c1-4-5-9-20(25)23-17-8-6-7-15(12-17)21(26)24-22-14-16-10-11-18(27-2)13-19(16)28-3/h6-8,10-14H,4-5,9H2,1-3H3,(H,23,25)(H,24,26)/b22-14-. The average molecular weight is 383 g/mol. The maximum Gasteiger partial charge on any atom is 0.271 e. The minimum atomic E-state index is -0.381. The molecule has 2 N–H and O–H groups in total.